The van der Waals surface area contributed by atoms with Crippen molar-refractivity contribution in [1.29, 1.82) is 0 Å². The first-order chi connectivity index (χ1) is 16.9. The molecule has 2 heterocycles. The van der Waals surface area contributed by atoms with Crippen molar-refractivity contribution >= 4 is 29.1 Å². The quantitative estimate of drug-likeness (QED) is 0.631. The number of anilines is 2. The van der Waals surface area contributed by atoms with Gasteiger partial charge in [-0.2, -0.15) is 0 Å². The van der Waals surface area contributed by atoms with E-state index >= 15 is 0 Å². The van der Waals surface area contributed by atoms with E-state index in [-0.39, 0.29) is 36.5 Å². The molecule has 9 heteroatoms. The van der Waals surface area contributed by atoms with E-state index in [0.717, 1.165) is 25.2 Å². The number of nitrogens with one attached hydrogen (secondary N) is 2. The number of halogens is 1. The van der Waals surface area contributed by atoms with Crippen LogP contribution < -0.4 is 15.5 Å². The number of aryl methyl sites for hydroxylation is 1. The van der Waals surface area contributed by atoms with Crippen LogP contribution >= 0.6 is 0 Å². The SMILES string of the molecule is CCc1ccc(NC(=O)C[C@@H]2C(=O)NCCN2C(=O)CN2CCN(c3ccc(F)cc3)CC2)cc1. The molecule has 0 saturated carbocycles. The number of hydrogen-bond donors (Lipinski definition) is 2. The van der Waals surface area contributed by atoms with Gasteiger partial charge in [-0.05, 0) is 48.4 Å². The van der Waals surface area contributed by atoms with Gasteiger partial charge in [-0.15, -0.1) is 0 Å². The van der Waals surface area contributed by atoms with E-state index in [2.05, 4.69) is 27.4 Å². The molecule has 3 amide bonds. The molecule has 0 radical (unpaired) electrons. The number of rotatable bonds is 7. The molecule has 0 bridgehead atoms. The molecule has 186 valence electrons. The molecular weight excluding hydrogens is 449 g/mol. The molecular formula is C26H32FN5O3. The second-order valence-electron chi connectivity index (χ2n) is 8.94. The summed E-state index contributed by atoms with van der Waals surface area (Å²) >= 11 is 0. The van der Waals surface area contributed by atoms with Crippen LogP contribution in [0.2, 0.25) is 0 Å². The van der Waals surface area contributed by atoms with Crippen molar-refractivity contribution in [3.8, 4) is 0 Å². The number of piperazine rings is 2. The molecule has 0 spiro atoms. The zero-order valence-corrected chi connectivity index (χ0v) is 20.0. The Bertz CT molecular complexity index is 1040. The normalized spacial score (nSPS) is 18.8. The highest BCUT2D eigenvalue weighted by atomic mass is 19.1. The van der Waals surface area contributed by atoms with Gasteiger partial charge in [-0.25, -0.2) is 4.39 Å². The molecule has 2 fully saturated rings. The third kappa shape index (κ3) is 6.36. The molecule has 0 aliphatic carbocycles. The van der Waals surface area contributed by atoms with E-state index in [0.29, 0.717) is 31.9 Å². The zero-order chi connectivity index (χ0) is 24.8. The van der Waals surface area contributed by atoms with Crippen molar-refractivity contribution in [2.24, 2.45) is 0 Å². The Hall–Kier alpha value is -3.46. The third-order valence-corrected chi connectivity index (χ3v) is 6.60. The Kier molecular flexibility index (Phi) is 7.97. The van der Waals surface area contributed by atoms with Gasteiger partial charge >= 0.3 is 0 Å². The van der Waals surface area contributed by atoms with Crippen LogP contribution in [0.25, 0.3) is 0 Å². The lowest BCUT2D eigenvalue weighted by Gasteiger charge is -2.39. The Morgan fingerprint density at radius 2 is 1.69 bits per heavy atom. The second kappa shape index (κ2) is 11.3. The number of carbonyl (C=O) groups excluding carboxylic acids is 3. The Morgan fingerprint density at radius 3 is 2.34 bits per heavy atom. The van der Waals surface area contributed by atoms with E-state index < -0.39 is 6.04 Å². The molecule has 0 unspecified atom stereocenters. The highest BCUT2D eigenvalue weighted by molar-refractivity contribution is 5.97. The summed E-state index contributed by atoms with van der Waals surface area (Å²) in [6.45, 7) is 5.82. The Labute approximate surface area is 205 Å². The predicted octanol–water partition coefficient (Wildman–Crippen LogP) is 1.87. The molecule has 2 aliphatic heterocycles. The molecule has 2 aromatic rings. The lowest BCUT2D eigenvalue weighted by molar-refractivity contribution is -0.145. The first-order valence-corrected chi connectivity index (χ1v) is 12.1. The van der Waals surface area contributed by atoms with E-state index in [1.165, 1.54) is 22.6 Å². The molecule has 0 aromatic heterocycles. The van der Waals surface area contributed by atoms with E-state index in [1.54, 1.807) is 12.1 Å². The van der Waals surface area contributed by atoms with Gasteiger partial charge in [0.05, 0.1) is 13.0 Å². The van der Waals surface area contributed by atoms with Crippen molar-refractivity contribution in [1.82, 2.24) is 15.1 Å². The van der Waals surface area contributed by atoms with Gasteiger partial charge in [-0.1, -0.05) is 19.1 Å². The maximum Gasteiger partial charge on any atom is 0.243 e. The summed E-state index contributed by atoms with van der Waals surface area (Å²) in [5.41, 5.74) is 2.80. The van der Waals surface area contributed by atoms with Gasteiger partial charge in [-0.3, -0.25) is 19.3 Å². The zero-order valence-electron chi connectivity index (χ0n) is 20.0. The summed E-state index contributed by atoms with van der Waals surface area (Å²) in [7, 11) is 0. The highest BCUT2D eigenvalue weighted by Crippen LogP contribution is 2.18. The van der Waals surface area contributed by atoms with Crippen molar-refractivity contribution in [2.45, 2.75) is 25.8 Å². The number of hydrogen-bond acceptors (Lipinski definition) is 5. The predicted molar refractivity (Wildman–Crippen MR) is 133 cm³/mol. The summed E-state index contributed by atoms with van der Waals surface area (Å²) in [4.78, 5) is 44.1. The smallest absolute Gasteiger partial charge is 0.243 e. The van der Waals surface area contributed by atoms with Crippen LogP contribution in [0.5, 0.6) is 0 Å². The minimum Gasteiger partial charge on any atom is -0.369 e. The maximum atomic E-state index is 13.2. The minimum absolute atomic E-state index is 0.0918. The van der Waals surface area contributed by atoms with E-state index in [4.69, 9.17) is 0 Å². The molecule has 35 heavy (non-hydrogen) atoms. The van der Waals surface area contributed by atoms with Crippen molar-refractivity contribution in [2.75, 3.05) is 56.0 Å². The Morgan fingerprint density at radius 1 is 1.00 bits per heavy atom. The van der Waals surface area contributed by atoms with Gasteiger partial charge in [0.2, 0.25) is 17.7 Å². The van der Waals surface area contributed by atoms with Gasteiger partial charge in [0, 0.05) is 50.6 Å². The molecule has 2 N–H and O–H groups in total. The van der Waals surface area contributed by atoms with Crippen LogP contribution in [-0.2, 0) is 20.8 Å². The lowest BCUT2D eigenvalue weighted by atomic mass is 10.1. The van der Waals surface area contributed by atoms with Gasteiger partial charge in [0.15, 0.2) is 0 Å². The Balaban J connectivity index is 1.31. The number of nitrogens with zero attached hydrogens (tertiary/aromatic N) is 3. The summed E-state index contributed by atoms with van der Waals surface area (Å²) in [5.74, 6) is -1.02. The number of benzene rings is 2. The fourth-order valence-corrected chi connectivity index (χ4v) is 4.53. The molecule has 4 rings (SSSR count). The lowest BCUT2D eigenvalue weighted by Crippen LogP contribution is -2.60. The summed E-state index contributed by atoms with van der Waals surface area (Å²) in [6.07, 6.45) is 0.820. The fraction of sp³-hybridized carbons (Fsp3) is 0.423. The molecule has 2 aliphatic rings. The van der Waals surface area contributed by atoms with Crippen molar-refractivity contribution in [3.05, 3.63) is 59.9 Å². The molecule has 1 atom stereocenters. The summed E-state index contributed by atoms with van der Waals surface area (Å²) in [6, 6.07) is 13.2. The number of amides is 3. The van der Waals surface area contributed by atoms with Crippen molar-refractivity contribution < 1.29 is 18.8 Å². The average Bonchev–Trinajstić information content (AvgIpc) is 2.86. The van der Waals surface area contributed by atoms with Gasteiger partial charge in [0.1, 0.15) is 11.9 Å². The standard InChI is InChI=1S/C26H32FN5O3/c1-2-19-3-7-21(8-4-19)29-24(33)17-23-26(35)28-11-12-32(23)25(34)18-30-13-15-31(16-14-30)22-9-5-20(27)6-10-22/h3-10,23H,2,11-18H2,1H3,(H,28,35)(H,29,33)/t23-/m1/s1. The van der Waals surface area contributed by atoms with Crippen LogP contribution in [0.4, 0.5) is 15.8 Å². The van der Waals surface area contributed by atoms with E-state index in [1.807, 2.05) is 24.3 Å². The molecule has 8 nitrogen and oxygen atoms in total. The number of carbonyl (C=O) groups is 3. The molecule has 2 saturated heterocycles. The van der Waals surface area contributed by atoms with Gasteiger partial charge in [0.25, 0.3) is 0 Å². The van der Waals surface area contributed by atoms with Crippen LogP contribution in [0, 0.1) is 5.82 Å². The first kappa shape index (κ1) is 24.7. The van der Waals surface area contributed by atoms with E-state index in [9.17, 15) is 18.8 Å². The summed E-state index contributed by atoms with van der Waals surface area (Å²) in [5, 5.41) is 5.60. The largest absolute Gasteiger partial charge is 0.369 e. The fourth-order valence-electron chi connectivity index (χ4n) is 4.53. The highest BCUT2D eigenvalue weighted by Gasteiger charge is 2.35. The summed E-state index contributed by atoms with van der Waals surface area (Å²) < 4.78 is 13.2. The maximum absolute atomic E-state index is 13.2. The van der Waals surface area contributed by atoms with Crippen LogP contribution in [0.3, 0.4) is 0 Å². The minimum atomic E-state index is -0.827. The third-order valence-electron chi connectivity index (χ3n) is 6.60. The second-order valence-corrected chi connectivity index (χ2v) is 8.94. The van der Waals surface area contributed by atoms with Crippen LogP contribution in [0.1, 0.15) is 18.9 Å². The monoisotopic (exact) mass is 481 g/mol. The first-order valence-electron chi connectivity index (χ1n) is 12.1. The average molecular weight is 482 g/mol. The van der Waals surface area contributed by atoms with Crippen LogP contribution in [0.15, 0.2) is 48.5 Å². The van der Waals surface area contributed by atoms with Crippen molar-refractivity contribution in [3.63, 3.8) is 0 Å². The van der Waals surface area contributed by atoms with Crippen LogP contribution in [-0.4, -0.2) is 79.4 Å². The van der Waals surface area contributed by atoms with Gasteiger partial charge < -0.3 is 20.4 Å². The molecule has 2 aromatic carbocycles. The topological polar surface area (TPSA) is 85.0 Å².